The summed E-state index contributed by atoms with van der Waals surface area (Å²) in [5.74, 6) is -0.874. The van der Waals surface area contributed by atoms with Crippen LogP contribution in [0.2, 0.25) is 0 Å². The second-order valence-corrected chi connectivity index (χ2v) is 23.8. The molecule has 0 saturated carbocycles. The molecule has 0 aliphatic rings. The van der Waals surface area contributed by atoms with Crippen LogP contribution in [0.3, 0.4) is 0 Å². The van der Waals surface area contributed by atoms with Gasteiger partial charge in [0.15, 0.2) is 6.10 Å². The maximum absolute atomic E-state index is 12.9. The third kappa shape index (κ3) is 67.4. The summed E-state index contributed by atoms with van der Waals surface area (Å²) in [5.41, 5.74) is 0. The molecule has 0 saturated heterocycles. The van der Waals surface area contributed by atoms with Crippen molar-refractivity contribution >= 4 is 17.9 Å². The molecule has 1 atom stereocenters. The lowest BCUT2D eigenvalue weighted by molar-refractivity contribution is -0.167. The normalized spacial score (nSPS) is 12.6. The Hall–Kier alpha value is -3.41. The minimum absolute atomic E-state index is 0.0777. The lowest BCUT2D eigenvalue weighted by atomic mass is 10.0. The molecule has 474 valence electrons. The van der Waals surface area contributed by atoms with Crippen LogP contribution in [0.1, 0.15) is 361 Å². The van der Waals surface area contributed by atoms with E-state index >= 15 is 0 Å². The van der Waals surface area contributed by atoms with Gasteiger partial charge >= 0.3 is 17.9 Å². The number of esters is 3. The number of hydrogen-bond donors (Lipinski definition) is 0. The Labute approximate surface area is 509 Å². The summed E-state index contributed by atoms with van der Waals surface area (Å²) in [5, 5.41) is 0. The highest BCUT2D eigenvalue weighted by Gasteiger charge is 2.19. The molecule has 0 heterocycles. The van der Waals surface area contributed by atoms with Crippen LogP contribution < -0.4 is 0 Å². The molecular formula is C76H134O6. The Bertz CT molecular complexity index is 1550. The first-order valence-electron chi connectivity index (χ1n) is 35.6. The van der Waals surface area contributed by atoms with Gasteiger partial charge in [0.1, 0.15) is 13.2 Å². The molecule has 0 N–H and O–H groups in total. The van der Waals surface area contributed by atoms with Gasteiger partial charge in [-0.1, -0.05) is 311 Å². The molecule has 0 aromatic rings. The molecule has 0 bridgehead atoms. The molecule has 0 rings (SSSR count). The van der Waals surface area contributed by atoms with Gasteiger partial charge in [0.05, 0.1) is 0 Å². The number of unbranched alkanes of at least 4 members (excludes halogenated alkanes) is 40. The first kappa shape index (κ1) is 78.6. The SMILES string of the molecule is CC/C=C\C/C=C\C/C=C\C/C=C\CCCCCCCCCCCCC(=O)OC(COC(=O)CCCCCCC/C=C\CCCCC)COC(=O)CCCCCCCCCCCCCCCCCCC/C=C\C/C=C\CCCCCCC. The van der Waals surface area contributed by atoms with Crippen LogP contribution in [-0.2, 0) is 28.6 Å². The quantitative estimate of drug-likeness (QED) is 0.0261. The van der Waals surface area contributed by atoms with Gasteiger partial charge in [-0.25, -0.2) is 0 Å². The van der Waals surface area contributed by atoms with Crippen molar-refractivity contribution in [3.05, 3.63) is 85.1 Å². The van der Waals surface area contributed by atoms with E-state index in [4.69, 9.17) is 14.2 Å². The van der Waals surface area contributed by atoms with Gasteiger partial charge in [-0.2, -0.15) is 0 Å². The van der Waals surface area contributed by atoms with Crippen molar-refractivity contribution in [1.82, 2.24) is 0 Å². The van der Waals surface area contributed by atoms with Gasteiger partial charge in [0.25, 0.3) is 0 Å². The Morgan fingerprint density at radius 1 is 0.256 bits per heavy atom. The highest BCUT2D eigenvalue weighted by atomic mass is 16.6. The lowest BCUT2D eigenvalue weighted by Gasteiger charge is -2.18. The largest absolute Gasteiger partial charge is 0.462 e. The average molecular weight is 1140 g/mol. The van der Waals surface area contributed by atoms with E-state index in [0.29, 0.717) is 19.3 Å². The summed E-state index contributed by atoms with van der Waals surface area (Å²) in [6.45, 7) is 6.53. The molecule has 0 fully saturated rings. The van der Waals surface area contributed by atoms with Crippen LogP contribution in [0.5, 0.6) is 0 Å². The zero-order chi connectivity index (χ0) is 59.2. The third-order valence-corrected chi connectivity index (χ3v) is 15.6. The summed E-state index contributed by atoms with van der Waals surface area (Å²) in [6, 6.07) is 0. The Morgan fingerprint density at radius 3 is 0.780 bits per heavy atom. The highest BCUT2D eigenvalue weighted by Crippen LogP contribution is 2.18. The fourth-order valence-electron chi connectivity index (χ4n) is 10.3. The van der Waals surface area contributed by atoms with Crippen LogP contribution in [0.4, 0.5) is 0 Å². The van der Waals surface area contributed by atoms with Crippen LogP contribution in [-0.4, -0.2) is 37.2 Å². The number of ether oxygens (including phenoxy) is 3. The molecule has 1 unspecified atom stereocenters. The van der Waals surface area contributed by atoms with Gasteiger partial charge in [0, 0.05) is 19.3 Å². The molecule has 0 aliphatic carbocycles. The molecule has 6 nitrogen and oxygen atoms in total. The number of carbonyl (C=O) groups is 3. The van der Waals surface area contributed by atoms with E-state index in [1.807, 2.05) is 0 Å². The lowest BCUT2D eigenvalue weighted by Crippen LogP contribution is -2.30. The van der Waals surface area contributed by atoms with Crippen molar-refractivity contribution in [2.45, 2.75) is 367 Å². The number of hydrogen-bond acceptors (Lipinski definition) is 6. The van der Waals surface area contributed by atoms with Gasteiger partial charge in [-0.3, -0.25) is 14.4 Å². The minimum atomic E-state index is -0.783. The number of allylic oxidation sites excluding steroid dienone is 14. The topological polar surface area (TPSA) is 78.9 Å². The minimum Gasteiger partial charge on any atom is -0.462 e. The van der Waals surface area contributed by atoms with Gasteiger partial charge < -0.3 is 14.2 Å². The maximum Gasteiger partial charge on any atom is 0.306 e. The predicted molar refractivity (Wildman–Crippen MR) is 358 cm³/mol. The Balaban J connectivity index is 4.22. The fraction of sp³-hybridized carbons (Fsp3) is 0.776. The van der Waals surface area contributed by atoms with E-state index in [-0.39, 0.29) is 31.1 Å². The van der Waals surface area contributed by atoms with Crippen LogP contribution in [0.15, 0.2) is 85.1 Å². The van der Waals surface area contributed by atoms with Crippen LogP contribution >= 0.6 is 0 Å². The smallest absolute Gasteiger partial charge is 0.306 e. The molecule has 0 amide bonds. The summed E-state index contributed by atoms with van der Waals surface area (Å²) in [4.78, 5) is 38.4. The standard InChI is InChI=1S/C76H134O6/c1-4-7-10-13-16-19-22-25-27-29-31-33-35-36-37-38-39-40-42-43-45-47-49-51-54-57-60-63-66-69-75(78)81-72-73(71-80-74(77)68-65-62-59-56-53-24-21-18-15-12-9-6-3)82-76(79)70-67-64-61-58-55-52-50-48-46-44-41-34-32-30-28-26-23-20-17-14-11-8-5-2/h8,11,17-18,20-22,25-26,28-29,31-32,34,73H,4-7,9-10,12-16,19,23-24,27,30,33,35-72H2,1-3H3/b11-8-,20-17-,21-18-,25-22-,28-26-,31-29-,34-32-. The van der Waals surface area contributed by atoms with E-state index in [1.165, 1.54) is 225 Å². The van der Waals surface area contributed by atoms with Crippen molar-refractivity contribution in [3.8, 4) is 0 Å². The van der Waals surface area contributed by atoms with Crippen LogP contribution in [0, 0.1) is 0 Å². The fourth-order valence-corrected chi connectivity index (χ4v) is 10.3. The first-order chi connectivity index (χ1) is 40.5. The third-order valence-electron chi connectivity index (χ3n) is 15.6. The molecule has 0 aromatic heterocycles. The average Bonchev–Trinajstić information content (AvgIpc) is 3.47. The van der Waals surface area contributed by atoms with Crippen molar-refractivity contribution in [3.63, 3.8) is 0 Å². The molecule has 0 spiro atoms. The summed E-state index contributed by atoms with van der Waals surface area (Å²) in [7, 11) is 0. The molecule has 0 aromatic carbocycles. The molecule has 0 aliphatic heterocycles. The Kier molecular flexibility index (Phi) is 67.2. The van der Waals surface area contributed by atoms with Crippen molar-refractivity contribution < 1.29 is 28.6 Å². The second kappa shape index (κ2) is 70.1. The van der Waals surface area contributed by atoms with Crippen molar-refractivity contribution in [2.24, 2.45) is 0 Å². The molecular weight excluding hydrogens is 1010 g/mol. The molecule has 0 radical (unpaired) electrons. The summed E-state index contributed by atoms with van der Waals surface area (Å²) in [6.07, 6.45) is 93.3. The number of carbonyl (C=O) groups excluding carboxylic acids is 3. The van der Waals surface area contributed by atoms with Gasteiger partial charge in [0.2, 0.25) is 0 Å². The summed E-state index contributed by atoms with van der Waals surface area (Å²) < 4.78 is 17.0. The monoisotopic (exact) mass is 1140 g/mol. The predicted octanol–water partition coefficient (Wildman–Crippen LogP) is 24.6. The van der Waals surface area contributed by atoms with E-state index in [0.717, 1.165) is 96.3 Å². The van der Waals surface area contributed by atoms with E-state index in [1.54, 1.807) is 0 Å². The highest BCUT2D eigenvalue weighted by molar-refractivity contribution is 5.71. The summed E-state index contributed by atoms with van der Waals surface area (Å²) >= 11 is 0. The van der Waals surface area contributed by atoms with Gasteiger partial charge in [-0.15, -0.1) is 0 Å². The van der Waals surface area contributed by atoms with E-state index in [9.17, 15) is 14.4 Å². The van der Waals surface area contributed by atoms with Crippen molar-refractivity contribution in [1.29, 1.82) is 0 Å². The van der Waals surface area contributed by atoms with E-state index in [2.05, 4.69) is 106 Å². The van der Waals surface area contributed by atoms with Crippen LogP contribution in [0.25, 0.3) is 0 Å². The second-order valence-electron chi connectivity index (χ2n) is 23.8. The Morgan fingerprint density at radius 2 is 0.476 bits per heavy atom. The zero-order valence-corrected chi connectivity index (χ0v) is 54.5. The van der Waals surface area contributed by atoms with Crippen molar-refractivity contribution in [2.75, 3.05) is 13.2 Å². The molecule has 82 heavy (non-hydrogen) atoms. The van der Waals surface area contributed by atoms with E-state index < -0.39 is 6.10 Å². The number of rotatable bonds is 65. The molecule has 6 heteroatoms. The maximum atomic E-state index is 12.9. The van der Waals surface area contributed by atoms with Gasteiger partial charge in [-0.05, 0) is 116 Å². The zero-order valence-electron chi connectivity index (χ0n) is 54.5. The first-order valence-corrected chi connectivity index (χ1v) is 35.6.